The zero-order valence-corrected chi connectivity index (χ0v) is 9.03. The second kappa shape index (κ2) is 2.95. The average molecular weight is 207 g/mol. The molecule has 4 heteroatoms. The second-order valence-electron chi connectivity index (χ2n) is 4.50. The molecule has 80 valence electrons. The number of rotatable bonds is 1. The summed E-state index contributed by atoms with van der Waals surface area (Å²) >= 11 is 0. The Balaban J connectivity index is 2.60. The maximum absolute atomic E-state index is 10.8. The third-order valence-corrected chi connectivity index (χ3v) is 2.65. The van der Waals surface area contributed by atoms with Gasteiger partial charge in [0, 0.05) is 18.1 Å². The number of fused-ring (bicyclic) bond motifs is 1. The predicted molar refractivity (Wildman–Crippen MR) is 56.2 cm³/mol. The van der Waals surface area contributed by atoms with Crippen LogP contribution in [0.1, 0.15) is 25.0 Å². The zero-order valence-electron chi connectivity index (χ0n) is 9.03. The van der Waals surface area contributed by atoms with Crippen LogP contribution >= 0.6 is 0 Å². The number of nitrogens with zero attached hydrogens (tertiary/aromatic N) is 1. The van der Waals surface area contributed by atoms with Crippen LogP contribution in [0.3, 0.4) is 0 Å². The van der Waals surface area contributed by atoms with Gasteiger partial charge in [-0.1, -0.05) is 6.07 Å². The maximum Gasteiger partial charge on any atom is 0.311 e. The van der Waals surface area contributed by atoms with Crippen molar-refractivity contribution in [3.63, 3.8) is 0 Å². The van der Waals surface area contributed by atoms with E-state index in [1.165, 1.54) is 6.07 Å². The minimum Gasteiger partial charge on any atom is -0.480 e. The number of aryl methyl sites for hydroxylation is 1. The summed E-state index contributed by atoms with van der Waals surface area (Å²) in [5, 5.41) is 10.8. The summed E-state index contributed by atoms with van der Waals surface area (Å²) in [4.78, 5) is 10.4. The van der Waals surface area contributed by atoms with Crippen molar-refractivity contribution in [1.29, 1.82) is 0 Å². The van der Waals surface area contributed by atoms with Crippen molar-refractivity contribution in [2.24, 2.45) is 0 Å². The van der Waals surface area contributed by atoms with Crippen LogP contribution in [0.2, 0.25) is 0 Å². The first-order valence-corrected chi connectivity index (χ1v) is 4.86. The number of benzene rings is 1. The number of hydrogen-bond donors (Lipinski definition) is 0. The highest BCUT2D eigenvalue weighted by Gasteiger charge is 2.36. The number of nitro benzene ring substituents is 1. The lowest BCUT2D eigenvalue weighted by Crippen LogP contribution is -2.24. The van der Waals surface area contributed by atoms with Crippen molar-refractivity contribution >= 4 is 5.69 Å². The summed E-state index contributed by atoms with van der Waals surface area (Å²) in [5.41, 5.74) is 1.76. The molecule has 0 spiro atoms. The lowest BCUT2D eigenvalue weighted by atomic mass is 9.98. The molecule has 1 heterocycles. The molecule has 1 aromatic rings. The minimum absolute atomic E-state index is 0.0705. The van der Waals surface area contributed by atoms with Gasteiger partial charge in [-0.2, -0.15) is 0 Å². The minimum atomic E-state index is -0.389. The first-order valence-electron chi connectivity index (χ1n) is 4.86. The molecule has 0 bridgehead atoms. The first kappa shape index (κ1) is 9.96. The second-order valence-corrected chi connectivity index (χ2v) is 4.50. The fourth-order valence-electron chi connectivity index (χ4n) is 1.93. The SMILES string of the molecule is Cc1ccc([N+](=O)[O-])c2c1CC(C)(C)O2. The number of ether oxygens (including phenoxy) is 1. The van der Waals surface area contributed by atoms with Gasteiger partial charge in [0.2, 0.25) is 5.75 Å². The van der Waals surface area contributed by atoms with Crippen LogP contribution in [0, 0.1) is 17.0 Å². The zero-order chi connectivity index (χ0) is 11.2. The molecule has 0 fully saturated rings. The van der Waals surface area contributed by atoms with Gasteiger partial charge in [-0.3, -0.25) is 10.1 Å². The monoisotopic (exact) mass is 207 g/mol. The van der Waals surface area contributed by atoms with Gasteiger partial charge in [0.1, 0.15) is 5.60 Å². The maximum atomic E-state index is 10.8. The lowest BCUT2D eigenvalue weighted by molar-refractivity contribution is -0.386. The summed E-state index contributed by atoms with van der Waals surface area (Å²) in [6.07, 6.45) is 0.732. The lowest BCUT2D eigenvalue weighted by Gasteiger charge is -2.16. The molecule has 0 saturated carbocycles. The van der Waals surface area contributed by atoms with Gasteiger partial charge in [-0.15, -0.1) is 0 Å². The van der Waals surface area contributed by atoms with Crippen LogP contribution in [-0.2, 0) is 6.42 Å². The van der Waals surface area contributed by atoms with Gasteiger partial charge in [0.25, 0.3) is 0 Å². The molecule has 0 amide bonds. The topological polar surface area (TPSA) is 52.4 Å². The van der Waals surface area contributed by atoms with Crippen LogP contribution < -0.4 is 4.74 Å². The molecule has 0 unspecified atom stereocenters. The van der Waals surface area contributed by atoms with E-state index in [2.05, 4.69) is 0 Å². The van der Waals surface area contributed by atoms with E-state index in [9.17, 15) is 10.1 Å². The molecule has 0 aromatic heterocycles. The fraction of sp³-hybridized carbons (Fsp3) is 0.455. The number of nitro groups is 1. The summed E-state index contributed by atoms with van der Waals surface area (Å²) in [6.45, 7) is 5.83. The Hall–Kier alpha value is -1.58. The molecular weight excluding hydrogens is 194 g/mol. The predicted octanol–water partition coefficient (Wildman–Crippen LogP) is 2.62. The fourth-order valence-corrected chi connectivity index (χ4v) is 1.93. The van der Waals surface area contributed by atoms with Crippen molar-refractivity contribution in [3.05, 3.63) is 33.4 Å². The summed E-state index contributed by atoms with van der Waals surface area (Å²) in [6, 6.07) is 3.29. The third-order valence-electron chi connectivity index (χ3n) is 2.65. The van der Waals surface area contributed by atoms with E-state index in [0.29, 0.717) is 5.75 Å². The highest BCUT2D eigenvalue weighted by molar-refractivity contribution is 5.57. The van der Waals surface area contributed by atoms with Gasteiger partial charge in [0.15, 0.2) is 0 Å². The van der Waals surface area contributed by atoms with Crippen LogP contribution in [0.25, 0.3) is 0 Å². The largest absolute Gasteiger partial charge is 0.480 e. The smallest absolute Gasteiger partial charge is 0.311 e. The molecule has 2 rings (SSSR count). The number of hydrogen-bond acceptors (Lipinski definition) is 3. The Morgan fingerprint density at radius 3 is 2.73 bits per heavy atom. The molecule has 0 N–H and O–H groups in total. The summed E-state index contributed by atoms with van der Waals surface area (Å²) in [5.74, 6) is 0.449. The molecule has 0 aliphatic carbocycles. The molecular formula is C11H13NO3. The molecule has 0 radical (unpaired) electrons. The van der Waals surface area contributed by atoms with Crippen LogP contribution in [0.15, 0.2) is 12.1 Å². The van der Waals surface area contributed by atoms with Crippen molar-refractivity contribution in [2.75, 3.05) is 0 Å². The summed E-state index contributed by atoms with van der Waals surface area (Å²) < 4.78 is 5.63. The van der Waals surface area contributed by atoms with E-state index < -0.39 is 0 Å². The third kappa shape index (κ3) is 1.56. The van der Waals surface area contributed by atoms with Crippen LogP contribution in [0.5, 0.6) is 5.75 Å². The molecule has 0 atom stereocenters. The van der Waals surface area contributed by atoms with Gasteiger partial charge in [-0.25, -0.2) is 0 Å². The van der Waals surface area contributed by atoms with E-state index in [-0.39, 0.29) is 16.2 Å². The molecule has 4 nitrogen and oxygen atoms in total. The van der Waals surface area contributed by atoms with Gasteiger partial charge in [-0.05, 0) is 26.3 Å². The van der Waals surface area contributed by atoms with Gasteiger partial charge in [0.05, 0.1) is 4.92 Å². The highest BCUT2D eigenvalue weighted by Crippen LogP contribution is 2.42. The van der Waals surface area contributed by atoms with E-state index in [1.54, 1.807) is 6.07 Å². The van der Waals surface area contributed by atoms with E-state index in [0.717, 1.165) is 17.5 Å². The first-order chi connectivity index (χ1) is 6.91. The van der Waals surface area contributed by atoms with E-state index in [1.807, 2.05) is 20.8 Å². The Morgan fingerprint density at radius 1 is 1.47 bits per heavy atom. The average Bonchev–Trinajstić information content (AvgIpc) is 2.41. The van der Waals surface area contributed by atoms with E-state index >= 15 is 0 Å². The molecule has 0 saturated heterocycles. The van der Waals surface area contributed by atoms with Crippen LogP contribution in [-0.4, -0.2) is 10.5 Å². The molecule has 1 aromatic carbocycles. The van der Waals surface area contributed by atoms with Crippen molar-refractivity contribution in [1.82, 2.24) is 0 Å². The molecule has 1 aliphatic heterocycles. The van der Waals surface area contributed by atoms with Gasteiger partial charge >= 0.3 is 5.69 Å². The van der Waals surface area contributed by atoms with Gasteiger partial charge < -0.3 is 4.74 Å². The normalized spacial score (nSPS) is 17.0. The standard InChI is InChI=1S/C11H13NO3/c1-7-4-5-9(12(13)14)10-8(7)6-11(2,3)15-10/h4-5H,6H2,1-3H3. The Kier molecular flexibility index (Phi) is 1.96. The van der Waals surface area contributed by atoms with Crippen molar-refractivity contribution in [3.8, 4) is 5.75 Å². The Bertz CT molecular complexity index is 438. The van der Waals surface area contributed by atoms with Crippen molar-refractivity contribution in [2.45, 2.75) is 32.8 Å². The highest BCUT2D eigenvalue weighted by atomic mass is 16.6. The summed E-state index contributed by atoms with van der Waals surface area (Å²) in [7, 11) is 0. The quantitative estimate of drug-likeness (QED) is 0.525. The van der Waals surface area contributed by atoms with E-state index in [4.69, 9.17) is 4.74 Å². The Morgan fingerprint density at radius 2 is 2.13 bits per heavy atom. The molecule has 15 heavy (non-hydrogen) atoms. The molecule has 1 aliphatic rings. The van der Waals surface area contributed by atoms with Crippen molar-refractivity contribution < 1.29 is 9.66 Å². The van der Waals surface area contributed by atoms with Crippen LogP contribution in [0.4, 0.5) is 5.69 Å². The Labute approximate surface area is 88.0 Å².